The molecule has 0 aliphatic carbocycles. The van der Waals surface area contributed by atoms with Gasteiger partial charge < -0.3 is 14.2 Å². The van der Waals surface area contributed by atoms with Crippen molar-refractivity contribution in [3.63, 3.8) is 0 Å². The van der Waals surface area contributed by atoms with Gasteiger partial charge in [-0.25, -0.2) is 4.79 Å². The smallest absolute Gasteiger partial charge is 0.379 e. The average Bonchev–Trinajstić information content (AvgIpc) is 2.83. The van der Waals surface area contributed by atoms with Gasteiger partial charge in [0.25, 0.3) is 5.78 Å². The van der Waals surface area contributed by atoms with Crippen LogP contribution < -0.4 is 9.47 Å². The van der Waals surface area contributed by atoms with Crippen molar-refractivity contribution < 1.29 is 23.8 Å². The summed E-state index contributed by atoms with van der Waals surface area (Å²) in [5.74, 6) is -0.596. The van der Waals surface area contributed by atoms with Crippen molar-refractivity contribution >= 4 is 11.8 Å². The van der Waals surface area contributed by atoms with Crippen LogP contribution in [0.3, 0.4) is 0 Å². The van der Waals surface area contributed by atoms with Gasteiger partial charge in [0, 0.05) is 12.0 Å². The van der Waals surface area contributed by atoms with Gasteiger partial charge in [-0.05, 0) is 19.1 Å². The second-order valence-corrected chi connectivity index (χ2v) is 3.81. The summed E-state index contributed by atoms with van der Waals surface area (Å²) in [7, 11) is 1.46. The number of esters is 1. The van der Waals surface area contributed by atoms with E-state index in [1.54, 1.807) is 19.1 Å². The second kappa shape index (κ2) is 5.08. The molecule has 96 valence electrons. The first kappa shape index (κ1) is 12.4. The quantitative estimate of drug-likeness (QED) is 0.459. The molecule has 0 fully saturated rings. The van der Waals surface area contributed by atoms with Gasteiger partial charge in [0.1, 0.15) is 11.5 Å². The van der Waals surface area contributed by atoms with Gasteiger partial charge in [0.15, 0.2) is 0 Å². The van der Waals surface area contributed by atoms with Crippen LogP contribution in [0.1, 0.15) is 22.8 Å². The number of ether oxygens (including phenoxy) is 3. The summed E-state index contributed by atoms with van der Waals surface area (Å²) in [4.78, 5) is 23.3. The van der Waals surface area contributed by atoms with Gasteiger partial charge in [-0.3, -0.25) is 4.79 Å². The normalized spacial score (nSPS) is 12.6. The Morgan fingerprint density at radius 2 is 2.17 bits per heavy atom. The van der Waals surface area contributed by atoms with E-state index in [1.807, 2.05) is 0 Å². The number of carbonyl (C=O) groups excluding carboxylic acids is 2. The zero-order valence-corrected chi connectivity index (χ0v) is 10.3. The Labute approximate surface area is 105 Å². The fourth-order valence-electron chi connectivity index (χ4n) is 1.86. The predicted octanol–water partition coefficient (Wildman–Crippen LogP) is 1.38. The van der Waals surface area contributed by atoms with Crippen LogP contribution in [-0.2, 0) is 16.0 Å². The monoisotopic (exact) mass is 250 g/mol. The Balaban J connectivity index is 2.37. The summed E-state index contributed by atoms with van der Waals surface area (Å²) in [6.07, 6.45) is 0.777. The van der Waals surface area contributed by atoms with Crippen LogP contribution >= 0.6 is 0 Å². The van der Waals surface area contributed by atoms with E-state index in [0.29, 0.717) is 18.1 Å². The Morgan fingerprint density at radius 3 is 2.83 bits per heavy atom. The molecule has 0 bridgehead atoms. The molecule has 1 aliphatic rings. The van der Waals surface area contributed by atoms with Crippen LogP contribution in [0.5, 0.6) is 11.5 Å². The lowest BCUT2D eigenvalue weighted by atomic mass is 10.0. The average molecular weight is 250 g/mol. The highest BCUT2D eigenvalue weighted by molar-refractivity contribution is 6.41. The van der Waals surface area contributed by atoms with Crippen molar-refractivity contribution in [3.05, 3.63) is 23.3 Å². The zero-order valence-electron chi connectivity index (χ0n) is 10.3. The molecule has 5 nitrogen and oxygen atoms in total. The third-order valence-corrected chi connectivity index (χ3v) is 2.72. The van der Waals surface area contributed by atoms with E-state index >= 15 is 0 Å². The van der Waals surface area contributed by atoms with Crippen molar-refractivity contribution in [2.24, 2.45) is 0 Å². The highest BCUT2D eigenvalue weighted by Gasteiger charge is 2.25. The number of benzene rings is 1. The minimum Gasteiger partial charge on any atom is -0.496 e. The zero-order chi connectivity index (χ0) is 13.1. The molecular formula is C13H14O5. The maximum Gasteiger partial charge on any atom is 0.379 e. The van der Waals surface area contributed by atoms with Crippen molar-refractivity contribution in [3.8, 4) is 11.5 Å². The van der Waals surface area contributed by atoms with Crippen molar-refractivity contribution in [2.45, 2.75) is 13.3 Å². The van der Waals surface area contributed by atoms with E-state index in [2.05, 4.69) is 0 Å². The second-order valence-electron chi connectivity index (χ2n) is 3.81. The Hall–Kier alpha value is -2.04. The molecule has 0 saturated carbocycles. The molecule has 1 aliphatic heterocycles. The molecule has 0 aromatic heterocycles. The Morgan fingerprint density at radius 1 is 1.39 bits per heavy atom. The first-order chi connectivity index (χ1) is 8.67. The van der Waals surface area contributed by atoms with Gasteiger partial charge >= 0.3 is 5.97 Å². The first-order valence-electron chi connectivity index (χ1n) is 5.72. The van der Waals surface area contributed by atoms with E-state index < -0.39 is 11.8 Å². The third kappa shape index (κ3) is 2.16. The van der Waals surface area contributed by atoms with Crippen LogP contribution in [0.4, 0.5) is 0 Å². The summed E-state index contributed by atoms with van der Waals surface area (Å²) in [5, 5.41) is 0. The van der Waals surface area contributed by atoms with E-state index in [-0.39, 0.29) is 12.2 Å². The summed E-state index contributed by atoms with van der Waals surface area (Å²) in [5.41, 5.74) is 1.16. The molecule has 18 heavy (non-hydrogen) atoms. The summed E-state index contributed by atoms with van der Waals surface area (Å²) < 4.78 is 15.2. The molecule has 0 spiro atoms. The molecule has 1 aromatic carbocycles. The van der Waals surface area contributed by atoms with Gasteiger partial charge in [-0.15, -0.1) is 0 Å². The lowest BCUT2D eigenvalue weighted by molar-refractivity contribution is -0.137. The highest BCUT2D eigenvalue weighted by atomic mass is 16.5. The van der Waals surface area contributed by atoms with E-state index in [4.69, 9.17) is 14.2 Å². The number of hydrogen-bond donors (Lipinski definition) is 0. The maximum absolute atomic E-state index is 11.9. The predicted molar refractivity (Wildman–Crippen MR) is 63.2 cm³/mol. The summed E-state index contributed by atoms with van der Waals surface area (Å²) in [6.45, 7) is 2.39. The first-order valence-corrected chi connectivity index (χ1v) is 5.72. The molecule has 0 radical (unpaired) electrons. The van der Waals surface area contributed by atoms with Crippen LogP contribution in [0, 0.1) is 0 Å². The number of fused-ring (bicyclic) bond motifs is 1. The molecular weight excluding hydrogens is 236 g/mol. The molecule has 0 unspecified atom stereocenters. The summed E-state index contributed by atoms with van der Waals surface area (Å²) >= 11 is 0. The minimum atomic E-state index is -0.881. The molecule has 0 N–H and O–H groups in total. The maximum atomic E-state index is 11.9. The van der Waals surface area contributed by atoms with Crippen molar-refractivity contribution in [1.82, 2.24) is 0 Å². The van der Waals surface area contributed by atoms with E-state index in [9.17, 15) is 9.59 Å². The lowest BCUT2D eigenvalue weighted by Crippen LogP contribution is -2.18. The van der Waals surface area contributed by atoms with E-state index in [0.717, 1.165) is 12.0 Å². The Bertz CT molecular complexity index is 492. The van der Waals surface area contributed by atoms with Crippen LogP contribution in [0.2, 0.25) is 0 Å². The SMILES string of the molecule is CCOC(=O)C(=O)c1cc2c(cc1OC)CCO2. The van der Waals surface area contributed by atoms with Gasteiger partial charge in [0.05, 0.1) is 25.9 Å². The van der Waals surface area contributed by atoms with Crippen LogP contribution in [-0.4, -0.2) is 32.1 Å². The lowest BCUT2D eigenvalue weighted by Gasteiger charge is -2.09. The number of Topliss-reactive ketones (excluding diaryl/α,β-unsaturated/α-hetero) is 1. The highest BCUT2D eigenvalue weighted by Crippen LogP contribution is 2.33. The molecule has 0 amide bonds. The fraction of sp³-hybridized carbons (Fsp3) is 0.385. The summed E-state index contributed by atoms with van der Waals surface area (Å²) in [6, 6.07) is 3.27. The standard InChI is InChI=1S/C13H14O5/c1-3-17-13(15)12(14)9-7-10-8(4-5-18-10)6-11(9)16-2/h6-7H,3-5H2,1-2H3. The molecule has 5 heteroatoms. The molecule has 0 saturated heterocycles. The molecule has 0 atom stereocenters. The Kier molecular flexibility index (Phi) is 3.50. The van der Waals surface area contributed by atoms with Gasteiger partial charge in [-0.2, -0.15) is 0 Å². The van der Waals surface area contributed by atoms with Crippen molar-refractivity contribution in [2.75, 3.05) is 20.3 Å². The van der Waals surface area contributed by atoms with Gasteiger partial charge in [0.2, 0.25) is 0 Å². The van der Waals surface area contributed by atoms with Gasteiger partial charge in [-0.1, -0.05) is 0 Å². The van der Waals surface area contributed by atoms with E-state index in [1.165, 1.54) is 7.11 Å². The largest absolute Gasteiger partial charge is 0.496 e. The minimum absolute atomic E-state index is 0.161. The fourth-order valence-corrected chi connectivity index (χ4v) is 1.86. The molecule has 1 heterocycles. The van der Waals surface area contributed by atoms with Crippen molar-refractivity contribution in [1.29, 1.82) is 0 Å². The number of ketones is 1. The number of carbonyl (C=O) groups is 2. The molecule has 2 rings (SSSR count). The third-order valence-electron chi connectivity index (χ3n) is 2.72. The topological polar surface area (TPSA) is 61.8 Å². The number of rotatable bonds is 4. The number of methoxy groups -OCH3 is 1. The molecule has 1 aromatic rings. The van der Waals surface area contributed by atoms with Crippen LogP contribution in [0.25, 0.3) is 0 Å². The van der Waals surface area contributed by atoms with Crippen LogP contribution in [0.15, 0.2) is 12.1 Å². The number of hydrogen-bond acceptors (Lipinski definition) is 5.